The molecule has 176 valence electrons. The first-order valence-electron chi connectivity index (χ1n) is 11.1. The van der Waals surface area contributed by atoms with Crippen molar-refractivity contribution in [3.05, 3.63) is 35.9 Å². The number of piperidine rings is 1. The molecule has 3 aliphatic rings. The van der Waals surface area contributed by atoms with Crippen molar-refractivity contribution < 1.29 is 33.3 Å². The molecule has 3 aliphatic heterocycles. The van der Waals surface area contributed by atoms with Gasteiger partial charge in [0.25, 0.3) is 0 Å². The highest BCUT2D eigenvalue weighted by molar-refractivity contribution is 5.69. The fourth-order valence-electron chi connectivity index (χ4n) is 4.31. The fourth-order valence-corrected chi connectivity index (χ4v) is 4.31. The standard InChI is InChI=1S/C23H32N2O7/c1-15-17(18-19(29-15)32-22(2,3)31-18)30-21(27)25-12-10-23(4,11-13-25)24-20(26)28-14-16-8-6-5-7-9-16/h5-9,15,17-19H,10-14H2,1-4H3,(H,24,26)/t15-,17+,18-,19-/m1/s1. The van der Waals surface area contributed by atoms with E-state index >= 15 is 0 Å². The highest BCUT2D eigenvalue weighted by atomic mass is 16.8. The van der Waals surface area contributed by atoms with Crippen molar-refractivity contribution in [3.8, 4) is 0 Å². The van der Waals surface area contributed by atoms with E-state index in [9.17, 15) is 9.59 Å². The van der Waals surface area contributed by atoms with Crippen LogP contribution in [0.5, 0.6) is 0 Å². The summed E-state index contributed by atoms with van der Waals surface area (Å²) in [5.41, 5.74) is 0.476. The number of fused-ring (bicyclic) bond motifs is 1. The molecule has 1 aromatic carbocycles. The zero-order chi connectivity index (χ0) is 22.9. The molecule has 9 heteroatoms. The van der Waals surface area contributed by atoms with Gasteiger partial charge >= 0.3 is 12.2 Å². The molecule has 3 heterocycles. The van der Waals surface area contributed by atoms with Crippen LogP contribution in [0.3, 0.4) is 0 Å². The van der Waals surface area contributed by atoms with E-state index in [-0.39, 0.29) is 12.7 Å². The van der Waals surface area contributed by atoms with Gasteiger partial charge in [0.05, 0.1) is 6.10 Å². The number of hydrogen-bond acceptors (Lipinski definition) is 7. The smallest absolute Gasteiger partial charge is 0.410 e. The third-order valence-corrected chi connectivity index (χ3v) is 6.20. The first-order chi connectivity index (χ1) is 15.1. The molecule has 1 aromatic rings. The third kappa shape index (κ3) is 5.16. The number of rotatable bonds is 4. The van der Waals surface area contributed by atoms with Crippen molar-refractivity contribution in [1.82, 2.24) is 10.2 Å². The molecule has 32 heavy (non-hydrogen) atoms. The zero-order valence-corrected chi connectivity index (χ0v) is 19.0. The van der Waals surface area contributed by atoms with Crippen LogP contribution in [-0.4, -0.2) is 66.1 Å². The summed E-state index contributed by atoms with van der Waals surface area (Å²) in [7, 11) is 0. The molecule has 0 aliphatic carbocycles. The van der Waals surface area contributed by atoms with Crippen LogP contribution in [0.15, 0.2) is 30.3 Å². The number of carbonyl (C=O) groups is 2. The number of carbonyl (C=O) groups excluding carboxylic acids is 2. The summed E-state index contributed by atoms with van der Waals surface area (Å²) in [6.07, 6.45) is -1.51. The molecular formula is C23H32N2O7. The van der Waals surface area contributed by atoms with E-state index in [0.717, 1.165) is 5.56 Å². The van der Waals surface area contributed by atoms with Gasteiger partial charge < -0.3 is 33.9 Å². The second kappa shape index (κ2) is 8.88. The number of alkyl carbamates (subject to hydrolysis) is 1. The van der Waals surface area contributed by atoms with Crippen LogP contribution in [0.25, 0.3) is 0 Å². The predicted molar refractivity (Wildman–Crippen MR) is 114 cm³/mol. The summed E-state index contributed by atoms with van der Waals surface area (Å²) in [6.45, 7) is 8.56. The summed E-state index contributed by atoms with van der Waals surface area (Å²) in [4.78, 5) is 26.7. The molecular weight excluding hydrogens is 416 g/mol. The molecule has 0 radical (unpaired) electrons. The lowest BCUT2D eigenvalue weighted by atomic mass is 9.90. The van der Waals surface area contributed by atoms with Crippen LogP contribution in [0.2, 0.25) is 0 Å². The van der Waals surface area contributed by atoms with E-state index in [4.69, 9.17) is 23.7 Å². The van der Waals surface area contributed by atoms with Crippen molar-refractivity contribution in [3.63, 3.8) is 0 Å². The maximum absolute atomic E-state index is 12.8. The summed E-state index contributed by atoms with van der Waals surface area (Å²) in [5.74, 6) is -0.770. The van der Waals surface area contributed by atoms with Gasteiger partial charge in [-0.05, 0) is 46.1 Å². The Balaban J connectivity index is 1.24. The number of nitrogens with zero attached hydrogens (tertiary/aromatic N) is 1. The molecule has 0 unspecified atom stereocenters. The van der Waals surface area contributed by atoms with Crippen molar-refractivity contribution in [2.45, 2.75) is 83.1 Å². The number of benzene rings is 1. The second-order valence-corrected chi connectivity index (χ2v) is 9.39. The van der Waals surface area contributed by atoms with Gasteiger partial charge in [-0.15, -0.1) is 0 Å². The Hall–Kier alpha value is -2.36. The number of likely N-dealkylation sites (tertiary alicyclic amines) is 1. The van der Waals surface area contributed by atoms with Crippen molar-refractivity contribution in [2.75, 3.05) is 13.1 Å². The lowest BCUT2D eigenvalue weighted by Crippen LogP contribution is -2.55. The molecule has 0 aromatic heterocycles. The SMILES string of the molecule is C[C@H]1O[C@@H]2OC(C)(C)O[C@@H]2[C@H]1OC(=O)N1CCC(C)(NC(=O)OCc2ccccc2)CC1. The molecule has 3 saturated heterocycles. The van der Waals surface area contributed by atoms with Crippen LogP contribution >= 0.6 is 0 Å². The maximum Gasteiger partial charge on any atom is 0.410 e. The Morgan fingerprint density at radius 2 is 1.81 bits per heavy atom. The molecule has 3 fully saturated rings. The highest BCUT2D eigenvalue weighted by Crippen LogP contribution is 2.39. The van der Waals surface area contributed by atoms with Gasteiger partial charge in [0.2, 0.25) is 0 Å². The van der Waals surface area contributed by atoms with Crippen LogP contribution in [-0.2, 0) is 30.3 Å². The average Bonchev–Trinajstić information content (AvgIpc) is 3.18. The Bertz CT molecular complexity index is 823. The van der Waals surface area contributed by atoms with Gasteiger partial charge in [0.1, 0.15) is 6.61 Å². The van der Waals surface area contributed by atoms with E-state index < -0.39 is 42.0 Å². The molecule has 0 bridgehead atoms. The van der Waals surface area contributed by atoms with E-state index in [1.165, 1.54) is 0 Å². The summed E-state index contributed by atoms with van der Waals surface area (Å²) < 4.78 is 28.4. The minimum Gasteiger partial charge on any atom is -0.445 e. The van der Waals surface area contributed by atoms with Gasteiger partial charge in [-0.25, -0.2) is 9.59 Å². The van der Waals surface area contributed by atoms with E-state index in [1.807, 2.05) is 58.0 Å². The molecule has 4 atom stereocenters. The summed E-state index contributed by atoms with van der Waals surface area (Å²) >= 11 is 0. The van der Waals surface area contributed by atoms with Gasteiger partial charge in [-0.2, -0.15) is 0 Å². The third-order valence-electron chi connectivity index (χ3n) is 6.20. The van der Waals surface area contributed by atoms with Crippen molar-refractivity contribution in [1.29, 1.82) is 0 Å². The molecule has 2 amide bonds. The lowest BCUT2D eigenvalue weighted by molar-refractivity contribution is -0.212. The molecule has 9 nitrogen and oxygen atoms in total. The first-order valence-corrected chi connectivity index (χ1v) is 11.1. The van der Waals surface area contributed by atoms with E-state index in [2.05, 4.69) is 5.32 Å². The normalized spacial score (nSPS) is 30.4. The summed E-state index contributed by atoms with van der Waals surface area (Å²) in [5, 5.41) is 2.95. The van der Waals surface area contributed by atoms with Crippen LogP contribution in [0.1, 0.15) is 46.1 Å². The highest BCUT2D eigenvalue weighted by Gasteiger charge is 2.55. The van der Waals surface area contributed by atoms with Gasteiger partial charge in [0.15, 0.2) is 24.3 Å². The lowest BCUT2D eigenvalue weighted by Gasteiger charge is -2.39. The van der Waals surface area contributed by atoms with Gasteiger partial charge in [-0.1, -0.05) is 30.3 Å². The Morgan fingerprint density at radius 3 is 2.50 bits per heavy atom. The molecule has 1 N–H and O–H groups in total. The Kier molecular flexibility index (Phi) is 6.33. The number of hydrogen-bond donors (Lipinski definition) is 1. The molecule has 4 rings (SSSR count). The minimum atomic E-state index is -0.770. The fraction of sp³-hybridized carbons (Fsp3) is 0.652. The number of nitrogens with one attached hydrogen (secondary N) is 1. The predicted octanol–water partition coefficient (Wildman–Crippen LogP) is 3.17. The molecule has 0 saturated carbocycles. The number of ether oxygens (including phenoxy) is 5. The van der Waals surface area contributed by atoms with Gasteiger partial charge in [0, 0.05) is 18.6 Å². The topological polar surface area (TPSA) is 95.6 Å². The average molecular weight is 449 g/mol. The Labute approximate surface area is 188 Å². The second-order valence-electron chi connectivity index (χ2n) is 9.39. The maximum atomic E-state index is 12.8. The van der Waals surface area contributed by atoms with Crippen LogP contribution in [0.4, 0.5) is 9.59 Å². The summed E-state index contributed by atoms with van der Waals surface area (Å²) in [6, 6.07) is 9.52. The van der Waals surface area contributed by atoms with E-state index in [0.29, 0.717) is 25.9 Å². The molecule has 0 spiro atoms. The van der Waals surface area contributed by atoms with Crippen molar-refractivity contribution in [2.24, 2.45) is 0 Å². The largest absolute Gasteiger partial charge is 0.445 e. The van der Waals surface area contributed by atoms with Crippen LogP contribution < -0.4 is 5.32 Å². The first kappa shape index (κ1) is 22.8. The monoisotopic (exact) mass is 448 g/mol. The minimum absolute atomic E-state index is 0.216. The van der Waals surface area contributed by atoms with Gasteiger partial charge in [-0.3, -0.25) is 0 Å². The Morgan fingerprint density at radius 1 is 1.12 bits per heavy atom. The van der Waals surface area contributed by atoms with E-state index in [1.54, 1.807) is 4.90 Å². The van der Waals surface area contributed by atoms with Crippen molar-refractivity contribution >= 4 is 12.2 Å². The van der Waals surface area contributed by atoms with Crippen LogP contribution in [0, 0.1) is 0 Å². The zero-order valence-electron chi connectivity index (χ0n) is 19.0. The number of amides is 2. The quantitative estimate of drug-likeness (QED) is 0.756.